The van der Waals surface area contributed by atoms with Crippen LogP contribution in [0.2, 0.25) is 0 Å². The highest BCUT2D eigenvalue weighted by Crippen LogP contribution is 2.11. The van der Waals surface area contributed by atoms with E-state index in [0.29, 0.717) is 10.2 Å². The first-order valence-corrected chi connectivity index (χ1v) is 10.0. The van der Waals surface area contributed by atoms with Gasteiger partial charge in [0.2, 0.25) is 5.78 Å². The predicted octanol–water partition coefficient (Wildman–Crippen LogP) is 2.82. The first-order chi connectivity index (χ1) is 15.1. The normalized spacial score (nSPS) is 12.3. The molecule has 150 valence electrons. The Morgan fingerprint density at radius 1 is 1.03 bits per heavy atom. The number of hydrogen-bond acceptors (Lipinski definition) is 5. The van der Waals surface area contributed by atoms with E-state index in [1.165, 1.54) is 16.7 Å². The van der Waals surface area contributed by atoms with E-state index in [9.17, 15) is 19.2 Å². The first-order valence-electron chi connectivity index (χ1n) is 9.22. The molecule has 0 amide bonds. The average Bonchev–Trinajstić information content (AvgIpc) is 3.11. The summed E-state index contributed by atoms with van der Waals surface area (Å²) in [7, 11) is 0. The van der Waals surface area contributed by atoms with E-state index in [4.69, 9.17) is 0 Å². The molecule has 31 heavy (non-hydrogen) atoms. The summed E-state index contributed by atoms with van der Waals surface area (Å²) in [6, 6.07) is 19.2. The monoisotopic (exact) mass is 427 g/mol. The second-order valence-corrected chi connectivity index (χ2v) is 7.53. The predicted molar refractivity (Wildman–Crippen MR) is 117 cm³/mol. The van der Waals surface area contributed by atoms with Gasteiger partial charge in [-0.2, -0.15) is 5.26 Å². The molecule has 0 spiro atoms. The number of nitrogens with zero attached hydrogens (tertiary/aromatic N) is 3. The molecule has 2 aromatic carbocycles. The van der Waals surface area contributed by atoms with Crippen LogP contribution in [0.25, 0.3) is 17.3 Å². The summed E-state index contributed by atoms with van der Waals surface area (Å²) in [5.74, 6) is -1.06. The van der Waals surface area contributed by atoms with Gasteiger partial charge in [-0.25, -0.2) is 4.39 Å². The lowest BCUT2D eigenvalue weighted by Gasteiger charge is -2.03. The van der Waals surface area contributed by atoms with Crippen LogP contribution < -0.4 is 14.8 Å². The lowest BCUT2D eigenvalue weighted by atomic mass is 10.1. The van der Waals surface area contributed by atoms with Gasteiger partial charge in [-0.15, -0.1) is 11.3 Å². The number of hydrogen-bond donors (Lipinski definition) is 0. The molecule has 2 heterocycles. The second kappa shape index (κ2) is 8.69. The zero-order chi connectivity index (χ0) is 21.8. The third-order valence-corrected chi connectivity index (χ3v) is 5.59. The Balaban J connectivity index is 2.04. The highest BCUT2D eigenvalue weighted by molar-refractivity contribution is 7.07. The summed E-state index contributed by atoms with van der Waals surface area (Å²) in [5.41, 5.74) is 0.934. The van der Waals surface area contributed by atoms with Crippen LogP contribution in [0.4, 0.5) is 4.39 Å². The maximum absolute atomic E-state index is 13.3. The number of benzene rings is 2. The number of para-hydroxylation sites is 1. The highest BCUT2D eigenvalue weighted by atomic mass is 32.1. The molecule has 0 bridgehead atoms. The molecule has 0 saturated carbocycles. The quantitative estimate of drug-likeness (QED) is 0.470. The number of nitriles is 1. The standard InChI is InChI=1S/C24H14FN3O2S/c25-18-8-6-17(7-9-18)22(29)20(15-26)24-28(19-4-2-1-3-5-19)23(30)21(31-24)14-16-10-12-27-13-11-16/h1-14H/b21-14-,24-20+. The Hall–Kier alpha value is -4.15. The number of rotatable bonds is 4. The van der Waals surface area contributed by atoms with Gasteiger partial charge in [0.15, 0.2) is 0 Å². The molecule has 0 radical (unpaired) electrons. The molecular formula is C24H14FN3O2S. The molecule has 0 saturated heterocycles. The number of Topliss-reactive ketones (excluding diaryl/α,β-unsaturated/α-hetero) is 1. The fourth-order valence-corrected chi connectivity index (χ4v) is 4.12. The van der Waals surface area contributed by atoms with Gasteiger partial charge in [-0.1, -0.05) is 18.2 Å². The molecule has 0 fully saturated rings. The van der Waals surface area contributed by atoms with Crippen molar-refractivity contribution in [2.45, 2.75) is 0 Å². The van der Waals surface area contributed by atoms with Gasteiger partial charge in [0.05, 0.1) is 10.2 Å². The topological polar surface area (TPSA) is 75.8 Å². The molecule has 4 aromatic rings. The lowest BCUT2D eigenvalue weighted by Crippen LogP contribution is -2.31. The van der Waals surface area contributed by atoms with Crippen molar-refractivity contribution in [2.24, 2.45) is 0 Å². The van der Waals surface area contributed by atoms with Gasteiger partial charge in [0.25, 0.3) is 5.56 Å². The molecular weight excluding hydrogens is 413 g/mol. The number of halogens is 1. The molecule has 0 N–H and O–H groups in total. The van der Waals surface area contributed by atoms with Crippen molar-refractivity contribution >= 4 is 28.8 Å². The zero-order valence-corrected chi connectivity index (χ0v) is 16.8. The number of ketones is 1. The van der Waals surface area contributed by atoms with E-state index in [-0.39, 0.29) is 21.4 Å². The van der Waals surface area contributed by atoms with Crippen LogP contribution >= 0.6 is 11.3 Å². The van der Waals surface area contributed by atoms with Crippen molar-refractivity contribution in [3.63, 3.8) is 0 Å². The zero-order valence-electron chi connectivity index (χ0n) is 16.0. The molecule has 0 aliphatic heterocycles. The van der Waals surface area contributed by atoms with E-state index in [2.05, 4.69) is 4.98 Å². The Kier molecular flexibility index (Phi) is 5.65. The van der Waals surface area contributed by atoms with Crippen molar-refractivity contribution in [2.75, 3.05) is 0 Å². The van der Waals surface area contributed by atoms with Crippen molar-refractivity contribution < 1.29 is 9.18 Å². The van der Waals surface area contributed by atoms with Gasteiger partial charge >= 0.3 is 0 Å². The Morgan fingerprint density at radius 3 is 2.35 bits per heavy atom. The van der Waals surface area contributed by atoms with Crippen molar-refractivity contribution in [1.82, 2.24) is 9.55 Å². The van der Waals surface area contributed by atoms with Crippen LogP contribution in [-0.2, 0) is 0 Å². The Bertz CT molecular complexity index is 1470. The van der Waals surface area contributed by atoms with E-state index in [1.54, 1.807) is 54.9 Å². The number of carbonyl (C=O) groups is 1. The van der Waals surface area contributed by atoms with Crippen LogP contribution in [0.3, 0.4) is 0 Å². The minimum atomic E-state index is -0.580. The minimum Gasteiger partial charge on any atom is -0.288 e. The third-order valence-electron chi connectivity index (χ3n) is 4.50. The minimum absolute atomic E-state index is 0.165. The largest absolute Gasteiger partial charge is 0.288 e. The number of aromatic nitrogens is 2. The smallest absolute Gasteiger partial charge is 0.273 e. The maximum Gasteiger partial charge on any atom is 0.273 e. The Morgan fingerprint density at radius 2 is 1.71 bits per heavy atom. The van der Waals surface area contributed by atoms with Crippen LogP contribution in [0.15, 0.2) is 83.9 Å². The van der Waals surface area contributed by atoms with E-state index >= 15 is 0 Å². The van der Waals surface area contributed by atoms with E-state index < -0.39 is 11.6 Å². The summed E-state index contributed by atoms with van der Waals surface area (Å²) in [6.07, 6.45) is 4.91. The summed E-state index contributed by atoms with van der Waals surface area (Å²) in [4.78, 5) is 30.3. The molecule has 7 heteroatoms. The average molecular weight is 427 g/mol. The molecule has 2 aromatic heterocycles. The fourth-order valence-electron chi connectivity index (χ4n) is 3.01. The maximum atomic E-state index is 13.3. The first kappa shape index (κ1) is 20.1. The molecule has 0 unspecified atom stereocenters. The van der Waals surface area contributed by atoms with E-state index in [1.807, 2.05) is 12.1 Å². The van der Waals surface area contributed by atoms with Crippen LogP contribution in [0.5, 0.6) is 0 Å². The third kappa shape index (κ3) is 4.10. The molecule has 0 atom stereocenters. The van der Waals surface area contributed by atoms with Gasteiger partial charge < -0.3 is 0 Å². The Labute approximate surface area is 180 Å². The van der Waals surface area contributed by atoms with Gasteiger partial charge in [-0.3, -0.25) is 19.1 Å². The van der Waals surface area contributed by atoms with Crippen molar-refractivity contribution in [3.05, 3.63) is 116 Å². The van der Waals surface area contributed by atoms with Crippen molar-refractivity contribution in [3.8, 4) is 11.8 Å². The van der Waals surface area contributed by atoms with Crippen LogP contribution in [0, 0.1) is 17.1 Å². The van der Waals surface area contributed by atoms with Crippen LogP contribution in [0.1, 0.15) is 15.9 Å². The van der Waals surface area contributed by atoms with Gasteiger partial charge in [0, 0.05) is 18.0 Å². The number of carbonyl (C=O) groups excluding carboxylic acids is 1. The molecule has 4 rings (SSSR count). The highest BCUT2D eigenvalue weighted by Gasteiger charge is 2.18. The number of thiazole rings is 1. The fraction of sp³-hybridized carbons (Fsp3) is 0. The summed E-state index contributed by atoms with van der Waals surface area (Å²) < 4.78 is 15.2. The summed E-state index contributed by atoms with van der Waals surface area (Å²) >= 11 is 1.05. The molecule has 0 aliphatic rings. The lowest BCUT2D eigenvalue weighted by molar-refractivity contribution is 0.105. The second-order valence-electron chi connectivity index (χ2n) is 6.50. The molecule has 0 aliphatic carbocycles. The van der Waals surface area contributed by atoms with Crippen LogP contribution in [-0.4, -0.2) is 15.3 Å². The summed E-state index contributed by atoms with van der Waals surface area (Å²) in [6.45, 7) is 0. The molecule has 5 nitrogen and oxygen atoms in total. The SMILES string of the molecule is N#C/C(C(=O)c1ccc(F)cc1)=c1\s/c(=C\c2ccncc2)c(=O)n1-c1ccccc1. The van der Waals surface area contributed by atoms with E-state index in [0.717, 1.165) is 29.0 Å². The van der Waals surface area contributed by atoms with Gasteiger partial charge in [-0.05, 0) is 60.2 Å². The van der Waals surface area contributed by atoms with Crippen molar-refractivity contribution in [1.29, 1.82) is 5.26 Å². The summed E-state index contributed by atoms with van der Waals surface area (Å²) in [5, 5.41) is 9.82. The van der Waals surface area contributed by atoms with Gasteiger partial charge in [0.1, 0.15) is 22.1 Å². The number of pyridine rings is 1.